The molecule has 0 amide bonds. The van der Waals surface area contributed by atoms with Gasteiger partial charge in [0.25, 0.3) is 0 Å². The number of hydrogen-bond donors (Lipinski definition) is 1. The largest absolute Gasteiger partial charge is 0.462 e. The van der Waals surface area contributed by atoms with Crippen LogP contribution in [0.15, 0.2) is 16.7 Å². The summed E-state index contributed by atoms with van der Waals surface area (Å²) >= 11 is 0. The van der Waals surface area contributed by atoms with E-state index in [-0.39, 0.29) is 22.7 Å². The van der Waals surface area contributed by atoms with E-state index in [4.69, 9.17) is 4.42 Å². The van der Waals surface area contributed by atoms with Gasteiger partial charge in [0.05, 0.1) is 11.6 Å². The molecule has 0 radical (unpaired) electrons. The lowest BCUT2D eigenvalue weighted by Crippen LogP contribution is -2.49. The minimum Gasteiger partial charge on any atom is -0.462 e. The van der Waals surface area contributed by atoms with Gasteiger partial charge in [0.15, 0.2) is 23.0 Å². The molecule has 2 aromatic rings. The predicted octanol–water partition coefficient (Wildman–Crippen LogP) is 2.65. The monoisotopic (exact) mass is 270 g/mol. The van der Waals surface area contributed by atoms with Crippen LogP contribution in [-0.2, 0) is 0 Å². The van der Waals surface area contributed by atoms with Crippen molar-refractivity contribution < 1.29 is 17.6 Å². The second-order valence-electron chi connectivity index (χ2n) is 4.76. The zero-order valence-corrected chi connectivity index (χ0v) is 10.3. The van der Waals surface area contributed by atoms with Gasteiger partial charge in [0.1, 0.15) is 5.69 Å². The first kappa shape index (κ1) is 12.3. The standard InChI is InChI=1S/C13H13F3N2O/c1-7-6-18(4-3-17-7)12-11(16)10(15)9(14)8-2-5-19-13(8)12/h2,5,7,17H,3-4,6H2,1H3. The van der Waals surface area contributed by atoms with Gasteiger partial charge in [-0.3, -0.25) is 0 Å². The van der Waals surface area contributed by atoms with Crippen LogP contribution in [0.1, 0.15) is 6.92 Å². The van der Waals surface area contributed by atoms with Gasteiger partial charge in [-0.25, -0.2) is 13.2 Å². The normalized spacial score (nSPS) is 20.2. The summed E-state index contributed by atoms with van der Waals surface area (Å²) in [5.41, 5.74) is 0.0674. The quantitative estimate of drug-likeness (QED) is 0.807. The average Bonchev–Trinajstić information content (AvgIpc) is 2.85. The Kier molecular flexibility index (Phi) is 2.89. The highest BCUT2D eigenvalue weighted by Gasteiger charge is 2.28. The number of anilines is 1. The fourth-order valence-electron chi connectivity index (χ4n) is 2.50. The second-order valence-corrected chi connectivity index (χ2v) is 4.76. The highest BCUT2D eigenvalue weighted by atomic mass is 19.2. The maximum Gasteiger partial charge on any atom is 0.197 e. The second kappa shape index (κ2) is 4.45. The fraction of sp³-hybridized carbons (Fsp3) is 0.385. The summed E-state index contributed by atoms with van der Waals surface area (Å²) in [6.45, 7) is 3.63. The first-order valence-electron chi connectivity index (χ1n) is 6.11. The zero-order chi connectivity index (χ0) is 13.6. The van der Waals surface area contributed by atoms with Crippen LogP contribution in [0.3, 0.4) is 0 Å². The average molecular weight is 270 g/mol. The Morgan fingerprint density at radius 1 is 1.26 bits per heavy atom. The zero-order valence-electron chi connectivity index (χ0n) is 10.3. The molecule has 2 heterocycles. The molecule has 3 nitrogen and oxygen atoms in total. The molecule has 0 aliphatic carbocycles. The van der Waals surface area contributed by atoms with Gasteiger partial charge < -0.3 is 14.6 Å². The molecule has 1 fully saturated rings. The van der Waals surface area contributed by atoms with Crippen LogP contribution < -0.4 is 10.2 Å². The summed E-state index contributed by atoms with van der Waals surface area (Å²) in [5.74, 6) is -3.84. The van der Waals surface area contributed by atoms with Crippen molar-refractivity contribution in [2.24, 2.45) is 0 Å². The molecule has 1 atom stereocenters. The van der Waals surface area contributed by atoms with Gasteiger partial charge in [-0.15, -0.1) is 0 Å². The van der Waals surface area contributed by atoms with Gasteiger partial charge in [-0.2, -0.15) is 0 Å². The van der Waals surface area contributed by atoms with Crippen molar-refractivity contribution in [3.63, 3.8) is 0 Å². The molecule has 1 unspecified atom stereocenters. The van der Waals surface area contributed by atoms with Crippen molar-refractivity contribution in [1.29, 1.82) is 0 Å². The minimum atomic E-state index is -1.45. The summed E-state index contributed by atoms with van der Waals surface area (Å²) in [7, 11) is 0. The van der Waals surface area contributed by atoms with Crippen LogP contribution in [0.25, 0.3) is 11.0 Å². The number of furan rings is 1. The van der Waals surface area contributed by atoms with Crippen molar-refractivity contribution in [1.82, 2.24) is 5.32 Å². The smallest absolute Gasteiger partial charge is 0.197 e. The van der Waals surface area contributed by atoms with Crippen molar-refractivity contribution in [2.45, 2.75) is 13.0 Å². The van der Waals surface area contributed by atoms with E-state index in [0.29, 0.717) is 19.6 Å². The summed E-state index contributed by atoms with van der Waals surface area (Å²) < 4.78 is 46.4. The number of hydrogen-bond acceptors (Lipinski definition) is 3. The minimum absolute atomic E-state index is 0.00671. The van der Waals surface area contributed by atoms with Crippen molar-refractivity contribution in [3.05, 3.63) is 29.8 Å². The molecule has 1 aliphatic heterocycles. The molecule has 0 bridgehead atoms. The third-order valence-corrected chi connectivity index (χ3v) is 3.40. The van der Waals surface area contributed by atoms with Crippen molar-refractivity contribution in [3.8, 4) is 0 Å². The molecule has 102 valence electrons. The number of nitrogens with one attached hydrogen (secondary N) is 1. The van der Waals surface area contributed by atoms with Gasteiger partial charge in [0, 0.05) is 25.7 Å². The highest BCUT2D eigenvalue weighted by Crippen LogP contribution is 2.35. The van der Waals surface area contributed by atoms with Gasteiger partial charge >= 0.3 is 0 Å². The van der Waals surface area contributed by atoms with E-state index in [0.717, 1.165) is 0 Å². The Hall–Kier alpha value is -1.69. The molecule has 1 aliphatic rings. The Labute approximate surface area is 108 Å². The number of halogens is 3. The lowest BCUT2D eigenvalue weighted by Gasteiger charge is -2.33. The molecule has 0 saturated carbocycles. The van der Waals surface area contributed by atoms with Gasteiger partial charge in [-0.1, -0.05) is 0 Å². The number of piperazine rings is 1. The first-order chi connectivity index (χ1) is 9.09. The molecule has 3 rings (SSSR count). The van der Waals surface area contributed by atoms with Crippen LogP contribution in [0, 0.1) is 17.5 Å². The maximum absolute atomic E-state index is 14.0. The summed E-state index contributed by atoms with van der Waals surface area (Å²) in [4.78, 5) is 1.69. The highest BCUT2D eigenvalue weighted by molar-refractivity contribution is 5.90. The van der Waals surface area contributed by atoms with Crippen molar-refractivity contribution >= 4 is 16.7 Å². The molecule has 0 spiro atoms. The molecule has 1 aromatic carbocycles. The lowest BCUT2D eigenvalue weighted by atomic mass is 10.1. The number of benzene rings is 1. The first-order valence-corrected chi connectivity index (χ1v) is 6.11. The molecule has 1 saturated heterocycles. The predicted molar refractivity (Wildman–Crippen MR) is 65.8 cm³/mol. The molecular formula is C13H13F3N2O. The maximum atomic E-state index is 14.0. The molecule has 1 N–H and O–H groups in total. The van der Waals surface area contributed by atoms with E-state index in [1.54, 1.807) is 4.90 Å². The van der Waals surface area contributed by atoms with E-state index < -0.39 is 17.5 Å². The SMILES string of the molecule is CC1CN(c2c(F)c(F)c(F)c3ccoc23)CCN1. The molecular weight excluding hydrogens is 257 g/mol. The van der Waals surface area contributed by atoms with E-state index >= 15 is 0 Å². The van der Waals surface area contributed by atoms with Gasteiger partial charge in [-0.05, 0) is 13.0 Å². The Balaban J connectivity index is 2.19. The molecule has 19 heavy (non-hydrogen) atoms. The number of fused-ring (bicyclic) bond motifs is 1. The number of rotatable bonds is 1. The Bertz CT molecular complexity index is 626. The molecule has 6 heteroatoms. The third kappa shape index (κ3) is 1.87. The number of nitrogens with zero attached hydrogens (tertiary/aromatic N) is 1. The lowest BCUT2D eigenvalue weighted by molar-refractivity contribution is 0.439. The summed E-state index contributed by atoms with van der Waals surface area (Å²) in [5, 5.41) is 3.18. The van der Waals surface area contributed by atoms with E-state index in [1.165, 1.54) is 12.3 Å². The van der Waals surface area contributed by atoms with Gasteiger partial charge in [0.2, 0.25) is 0 Å². The Morgan fingerprint density at radius 3 is 2.79 bits per heavy atom. The van der Waals surface area contributed by atoms with Crippen LogP contribution in [0.2, 0.25) is 0 Å². The van der Waals surface area contributed by atoms with Crippen LogP contribution in [-0.4, -0.2) is 25.7 Å². The van der Waals surface area contributed by atoms with E-state index in [9.17, 15) is 13.2 Å². The topological polar surface area (TPSA) is 28.4 Å². The third-order valence-electron chi connectivity index (χ3n) is 3.40. The van der Waals surface area contributed by atoms with Crippen LogP contribution in [0.4, 0.5) is 18.9 Å². The van der Waals surface area contributed by atoms with Crippen LogP contribution in [0.5, 0.6) is 0 Å². The van der Waals surface area contributed by atoms with E-state index in [1.807, 2.05) is 6.92 Å². The Morgan fingerprint density at radius 2 is 2.05 bits per heavy atom. The molecule has 1 aromatic heterocycles. The van der Waals surface area contributed by atoms with E-state index in [2.05, 4.69) is 5.32 Å². The summed E-state index contributed by atoms with van der Waals surface area (Å²) in [6, 6.07) is 1.45. The summed E-state index contributed by atoms with van der Waals surface area (Å²) in [6.07, 6.45) is 1.24. The fourth-order valence-corrected chi connectivity index (χ4v) is 2.50. The van der Waals surface area contributed by atoms with Crippen molar-refractivity contribution in [2.75, 3.05) is 24.5 Å². The van der Waals surface area contributed by atoms with Crippen LogP contribution >= 0.6 is 0 Å².